The summed E-state index contributed by atoms with van der Waals surface area (Å²) in [5.41, 5.74) is 1.16. The van der Waals surface area contributed by atoms with Crippen LogP contribution in [-0.2, 0) is 13.1 Å². The van der Waals surface area contributed by atoms with E-state index in [1.165, 1.54) is 6.07 Å². The number of allylic oxidation sites excluding steroid dienone is 1. The van der Waals surface area contributed by atoms with E-state index in [9.17, 15) is 9.90 Å². The van der Waals surface area contributed by atoms with E-state index in [1.54, 1.807) is 6.08 Å². The fourth-order valence-corrected chi connectivity index (χ4v) is 2.89. The largest absolute Gasteiger partial charge is 0.503 e. The number of β-amino-alcohol motifs (C(OH)–C–C–N with tert-alkyl or cyclic N) is 1. The zero-order valence-corrected chi connectivity index (χ0v) is 13.2. The highest BCUT2D eigenvalue weighted by Gasteiger charge is 2.20. The lowest BCUT2D eigenvalue weighted by Crippen LogP contribution is -2.47. The van der Waals surface area contributed by atoms with Crippen LogP contribution in [0.15, 0.2) is 23.5 Å². The predicted octanol–water partition coefficient (Wildman–Crippen LogP) is 0.158. The molecule has 2 heterocycles. The van der Waals surface area contributed by atoms with Crippen LogP contribution in [-0.4, -0.2) is 63.9 Å². The molecule has 0 bridgehead atoms. The summed E-state index contributed by atoms with van der Waals surface area (Å²) >= 11 is 0. The number of aromatic hydroxyl groups is 1. The van der Waals surface area contributed by atoms with Crippen molar-refractivity contribution in [2.45, 2.75) is 20.0 Å². The SMILES string of the molecule is C=CCn1c(C)cc(=O)c(O)c1CN1CCN(CCO)CC1. The Labute approximate surface area is 130 Å². The number of hydrogen-bond acceptors (Lipinski definition) is 5. The first kappa shape index (κ1) is 16.7. The zero-order valence-electron chi connectivity index (χ0n) is 13.2. The Morgan fingerprint density at radius 1 is 1.27 bits per heavy atom. The quantitative estimate of drug-likeness (QED) is 0.733. The molecule has 0 saturated carbocycles. The highest BCUT2D eigenvalue weighted by Crippen LogP contribution is 2.18. The normalized spacial score (nSPS) is 16.8. The third kappa shape index (κ3) is 3.76. The number of aryl methyl sites for hydroxylation is 1. The molecule has 2 rings (SSSR count). The molecule has 0 aliphatic carbocycles. The number of aliphatic hydroxyl groups is 1. The fourth-order valence-electron chi connectivity index (χ4n) is 2.89. The zero-order chi connectivity index (χ0) is 16.1. The molecule has 1 aromatic rings. The van der Waals surface area contributed by atoms with Crippen LogP contribution in [0.1, 0.15) is 11.4 Å². The maximum Gasteiger partial charge on any atom is 0.223 e. The van der Waals surface area contributed by atoms with E-state index in [4.69, 9.17) is 5.11 Å². The van der Waals surface area contributed by atoms with Gasteiger partial charge in [0.25, 0.3) is 0 Å². The number of nitrogens with zero attached hydrogens (tertiary/aromatic N) is 3. The van der Waals surface area contributed by atoms with E-state index in [0.717, 1.165) is 31.9 Å². The van der Waals surface area contributed by atoms with Crippen molar-refractivity contribution in [2.24, 2.45) is 0 Å². The first-order valence-electron chi connectivity index (χ1n) is 7.65. The maximum atomic E-state index is 11.9. The van der Waals surface area contributed by atoms with E-state index < -0.39 is 0 Å². The lowest BCUT2D eigenvalue weighted by Gasteiger charge is -2.34. The number of piperazine rings is 1. The molecule has 6 nitrogen and oxygen atoms in total. The van der Waals surface area contributed by atoms with Crippen molar-refractivity contribution in [1.29, 1.82) is 0 Å². The Balaban J connectivity index is 2.15. The smallest absolute Gasteiger partial charge is 0.223 e. The van der Waals surface area contributed by atoms with Gasteiger partial charge in [-0.15, -0.1) is 6.58 Å². The summed E-state index contributed by atoms with van der Waals surface area (Å²) in [6.45, 7) is 11.1. The lowest BCUT2D eigenvalue weighted by atomic mass is 10.2. The molecular formula is C16H25N3O3. The minimum atomic E-state index is -0.327. The van der Waals surface area contributed by atoms with E-state index >= 15 is 0 Å². The van der Waals surface area contributed by atoms with Gasteiger partial charge in [-0.2, -0.15) is 0 Å². The van der Waals surface area contributed by atoms with Crippen molar-refractivity contribution in [2.75, 3.05) is 39.3 Å². The summed E-state index contributed by atoms with van der Waals surface area (Å²) in [5.74, 6) is -0.162. The summed E-state index contributed by atoms with van der Waals surface area (Å²) in [7, 11) is 0. The highest BCUT2D eigenvalue weighted by molar-refractivity contribution is 5.30. The molecule has 0 atom stereocenters. The first-order chi connectivity index (χ1) is 10.6. The Bertz CT molecular complexity index is 575. The molecule has 22 heavy (non-hydrogen) atoms. The van der Waals surface area contributed by atoms with Gasteiger partial charge in [0.15, 0.2) is 5.75 Å². The predicted molar refractivity (Wildman–Crippen MR) is 86.1 cm³/mol. The van der Waals surface area contributed by atoms with Crippen LogP contribution in [0.25, 0.3) is 0 Å². The third-order valence-electron chi connectivity index (χ3n) is 4.16. The molecule has 0 spiro atoms. The summed E-state index contributed by atoms with van der Waals surface area (Å²) in [4.78, 5) is 16.3. The van der Waals surface area contributed by atoms with Crippen molar-refractivity contribution < 1.29 is 10.2 Å². The van der Waals surface area contributed by atoms with Gasteiger partial charge < -0.3 is 14.8 Å². The number of rotatable bonds is 6. The molecule has 1 aliphatic heterocycles. The van der Waals surface area contributed by atoms with Crippen LogP contribution in [0.4, 0.5) is 0 Å². The number of pyridine rings is 1. The second kappa shape index (κ2) is 7.58. The summed E-state index contributed by atoms with van der Waals surface area (Å²) in [5, 5.41) is 19.1. The second-order valence-electron chi connectivity index (χ2n) is 5.69. The standard InChI is InChI=1S/C16H25N3O3/c1-3-4-19-13(2)11-15(21)16(22)14(19)12-18-7-5-17(6-8-18)9-10-20/h3,11,20,22H,1,4-10,12H2,2H3. The number of hydrogen-bond donors (Lipinski definition) is 2. The van der Waals surface area contributed by atoms with Gasteiger partial charge in [-0.3, -0.25) is 14.6 Å². The van der Waals surface area contributed by atoms with Crippen molar-refractivity contribution in [3.05, 3.63) is 40.3 Å². The Morgan fingerprint density at radius 3 is 2.50 bits per heavy atom. The van der Waals surface area contributed by atoms with Crippen molar-refractivity contribution in [1.82, 2.24) is 14.4 Å². The topological polar surface area (TPSA) is 68.9 Å². The van der Waals surface area contributed by atoms with E-state index in [2.05, 4.69) is 16.4 Å². The van der Waals surface area contributed by atoms with Crippen LogP contribution < -0.4 is 5.43 Å². The van der Waals surface area contributed by atoms with Crippen LogP contribution in [0.5, 0.6) is 5.75 Å². The van der Waals surface area contributed by atoms with Gasteiger partial charge in [-0.25, -0.2) is 0 Å². The third-order valence-corrected chi connectivity index (χ3v) is 4.16. The summed E-state index contributed by atoms with van der Waals surface area (Å²) < 4.78 is 1.93. The molecule has 0 unspecified atom stereocenters. The number of aliphatic hydroxyl groups excluding tert-OH is 1. The molecule has 122 valence electrons. The molecule has 1 aliphatic rings. The van der Waals surface area contributed by atoms with Gasteiger partial charge in [0.2, 0.25) is 5.43 Å². The Morgan fingerprint density at radius 2 is 1.91 bits per heavy atom. The van der Waals surface area contributed by atoms with Gasteiger partial charge in [-0.1, -0.05) is 6.08 Å². The minimum absolute atomic E-state index is 0.162. The van der Waals surface area contributed by atoms with Gasteiger partial charge in [-0.05, 0) is 6.92 Å². The average Bonchev–Trinajstić information content (AvgIpc) is 2.50. The molecule has 2 N–H and O–H groups in total. The number of aromatic nitrogens is 1. The minimum Gasteiger partial charge on any atom is -0.503 e. The van der Waals surface area contributed by atoms with Crippen LogP contribution in [0.3, 0.4) is 0 Å². The molecule has 0 radical (unpaired) electrons. The van der Waals surface area contributed by atoms with Crippen LogP contribution in [0, 0.1) is 6.92 Å². The molecule has 1 saturated heterocycles. The summed E-state index contributed by atoms with van der Waals surface area (Å²) in [6, 6.07) is 1.46. The van der Waals surface area contributed by atoms with Gasteiger partial charge in [0.1, 0.15) is 0 Å². The molecule has 0 aromatic carbocycles. The van der Waals surface area contributed by atoms with Gasteiger partial charge in [0, 0.05) is 57.6 Å². The summed E-state index contributed by atoms with van der Waals surface area (Å²) in [6.07, 6.45) is 1.76. The lowest BCUT2D eigenvalue weighted by molar-refractivity contribution is 0.106. The molecule has 1 aromatic heterocycles. The Kier molecular flexibility index (Phi) is 5.76. The van der Waals surface area contributed by atoms with Crippen molar-refractivity contribution in [3.8, 4) is 5.75 Å². The molecule has 1 fully saturated rings. The molecule has 0 amide bonds. The Hall–Kier alpha value is -1.63. The second-order valence-corrected chi connectivity index (χ2v) is 5.69. The monoisotopic (exact) mass is 307 g/mol. The van der Waals surface area contributed by atoms with E-state index in [0.29, 0.717) is 25.3 Å². The van der Waals surface area contributed by atoms with Gasteiger partial charge >= 0.3 is 0 Å². The highest BCUT2D eigenvalue weighted by atomic mass is 16.3. The molecular weight excluding hydrogens is 282 g/mol. The van der Waals surface area contributed by atoms with Crippen molar-refractivity contribution >= 4 is 0 Å². The van der Waals surface area contributed by atoms with Gasteiger partial charge in [0.05, 0.1) is 12.3 Å². The van der Waals surface area contributed by atoms with Crippen molar-refractivity contribution in [3.63, 3.8) is 0 Å². The maximum absolute atomic E-state index is 11.9. The van der Waals surface area contributed by atoms with Crippen LogP contribution >= 0.6 is 0 Å². The molecule has 6 heteroatoms. The van der Waals surface area contributed by atoms with Crippen LogP contribution in [0.2, 0.25) is 0 Å². The van der Waals surface area contributed by atoms with E-state index in [-0.39, 0.29) is 17.8 Å². The fraction of sp³-hybridized carbons (Fsp3) is 0.562. The first-order valence-corrected chi connectivity index (χ1v) is 7.65. The average molecular weight is 307 g/mol. The van der Waals surface area contributed by atoms with E-state index in [1.807, 2.05) is 11.5 Å².